The lowest BCUT2D eigenvalue weighted by Gasteiger charge is -2.29. The Hall–Kier alpha value is -3.39. The Kier molecular flexibility index (Phi) is 5.90. The number of anilines is 1. The molecule has 3 aromatic rings. The van der Waals surface area contributed by atoms with Crippen molar-refractivity contribution in [3.05, 3.63) is 52.3 Å². The van der Waals surface area contributed by atoms with Crippen molar-refractivity contribution in [2.75, 3.05) is 25.0 Å². The standard InChI is InChI=1S/C23H26N4O4/c1-3-31-19-8-7-15(24-23(30)27-11-9-16(28)10-12-27)13-18(19)21-25-20-14(2)5-4-6-17(20)22(29)26-21/h4-8,13,16,28H,3,9-12H2,1-2H3,(H,24,30)(H,25,26,29). The van der Waals surface area contributed by atoms with Crippen LogP contribution < -0.4 is 15.6 Å². The maximum absolute atomic E-state index is 12.7. The number of carbonyl (C=O) groups is 1. The molecule has 1 aromatic heterocycles. The third-order valence-corrected chi connectivity index (χ3v) is 5.48. The summed E-state index contributed by atoms with van der Waals surface area (Å²) in [5, 5.41) is 13.1. The maximum Gasteiger partial charge on any atom is 0.321 e. The van der Waals surface area contributed by atoms with E-state index in [2.05, 4.69) is 15.3 Å². The Labute approximate surface area is 179 Å². The van der Waals surface area contributed by atoms with Gasteiger partial charge in [-0.3, -0.25) is 4.79 Å². The molecule has 4 rings (SSSR count). The van der Waals surface area contributed by atoms with Crippen LogP contribution in [0, 0.1) is 6.92 Å². The van der Waals surface area contributed by atoms with Gasteiger partial charge in [0, 0.05) is 18.8 Å². The highest BCUT2D eigenvalue weighted by Gasteiger charge is 2.22. The summed E-state index contributed by atoms with van der Waals surface area (Å²) in [4.78, 5) is 34.5. The van der Waals surface area contributed by atoms with Crippen LogP contribution >= 0.6 is 0 Å². The van der Waals surface area contributed by atoms with Gasteiger partial charge in [-0.25, -0.2) is 9.78 Å². The first kappa shape index (κ1) is 20.9. The van der Waals surface area contributed by atoms with Gasteiger partial charge in [0.1, 0.15) is 11.6 Å². The number of aromatic nitrogens is 2. The van der Waals surface area contributed by atoms with Crippen molar-refractivity contribution in [1.29, 1.82) is 0 Å². The molecule has 3 N–H and O–H groups in total. The molecule has 0 aliphatic carbocycles. The van der Waals surface area contributed by atoms with Gasteiger partial charge >= 0.3 is 6.03 Å². The first-order valence-electron chi connectivity index (χ1n) is 10.5. The van der Waals surface area contributed by atoms with Crippen molar-refractivity contribution in [2.45, 2.75) is 32.8 Å². The molecule has 31 heavy (non-hydrogen) atoms. The number of ether oxygens (including phenoxy) is 1. The fraction of sp³-hybridized carbons (Fsp3) is 0.348. The van der Waals surface area contributed by atoms with Crippen LogP contribution in [0.5, 0.6) is 5.75 Å². The van der Waals surface area contributed by atoms with Gasteiger partial charge in [-0.1, -0.05) is 12.1 Å². The predicted octanol–water partition coefficient (Wildman–Crippen LogP) is 3.29. The number of aliphatic hydroxyl groups excluding tert-OH is 1. The van der Waals surface area contributed by atoms with E-state index < -0.39 is 0 Å². The molecule has 0 spiro atoms. The zero-order valence-electron chi connectivity index (χ0n) is 17.6. The summed E-state index contributed by atoms with van der Waals surface area (Å²) in [6, 6.07) is 10.5. The van der Waals surface area contributed by atoms with Gasteiger partial charge in [-0.05, 0) is 56.5 Å². The van der Waals surface area contributed by atoms with E-state index in [1.54, 1.807) is 29.2 Å². The number of rotatable bonds is 4. The molecule has 0 saturated carbocycles. The maximum atomic E-state index is 12.7. The quantitative estimate of drug-likeness (QED) is 0.598. The van der Waals surface area contributed by atoms with Crippen LogP contribution in [0.1, 0.15) is 25.3 Å². The summed E-state index contributed by atoms with van der Waals surface area (Å²) in [6.07, 6.45) is 0.799. The molecule has 1 fully saturated rings. The normalized spacial score (nSPS) is 14.6. The number of hydrogen-bond acceptors (Lipinski definition) is 5. The topological polar surface area (TPSA) is 108 Å². The van der Waals surface area contributed by atoms with Gasteiger partial charge in [0.2, 0.25) is 0 Å². The number of benzene rings is 2. The molecule has 1 aliphatic rings. The monoisotopic (exact) mass is 422 g/mol. The number of H-pyrrole nitrogens is 1. The summed E-state index contributed by atoms with van der Waals surface area (Å²) in [7, 11) is 0. The molecule has 0 atom stereocenters. The molecule has 2 heterocycles. The number of amides is 2. The van der Waals surface area contributed by atoms with Gasteiger partial charge in [0.15, 0.2) is 0 Å². The third-order valence-electron chi connectivity index (χ3n) is 5.48. The van der Waals surface area contributed by atoms with Crippen molar-refractivity contribution in [1.82, 2.24) is 14.9 Å². The second-order valence-corrected chi connectivity index (χ2v) is 7.68. The molecule has 0 radical (unpaired) electrons. The zero-order valence-corrected chi connectivity index (χ0v) is 17.6. The Balaban J connectivity index is 1.70. The first-order chi connectivity index (χ1) is 15.0. The van der Waals surface area contributed by atoms with Gasteiger partial charge in [-0.15, -0.1) is 0 Å². The van der Waals surface area contributed by atoms with Crippen molar-refractivity contribution in [3.63, 3.8) is 0 Å². The smallest absolute Gasteiger partial charge is 0.321 e. The Morgan fingerprint density at radius 3 is 2.81 bits per heavy atom. The van der Waals surface area contributed by atoms with Gasteiger partial charge < -0.3 is 25.0 Å². The second-order valence-electron chi connectivity index (χ2n) is 7.68. The van der Waals surface area contributed by atoms with E-state index in [0.717, 1.165) is 5.56 Å². The van der Waals surface area contributed by atoms with Crippen LogP contribution in [-0.2, 0) is 0 Å². The third kappa shape index (κ3) is 4.39. The van der Waals surface area contributed by atoms with Crippen molar-refractivity contribution in [3.8, 4) is 17.1 Å². The van der Waals surface area contributed by atoms with Crippen LogP contribution in [-0.4, -0.2) is 51.8 Å². The summed E-state index contributed by atoms with van der Waals surface area (Å²) in [5.74, 6) is 0.949. The van der Waals surface area contributed by atoms with Gasteiger partial charge in [0.05, 0.1) is 29.2 Å². The molecule has 2 amide bonds. The van der Waals surface area contributed by atoms with Crippen LogP contribution in [0.4, 0.5) is 10.5 Å². The molecule has 1 aliphatic heterocycles. The van der Waals surface area contributed by atoms with Crippen LogP contribution in [0.2, 0.25) is 0 Å². The van der Waals surface area contributed by atoms with Crippen molar-refractivity contribution < 1.29 is 14.6 Å². The van der Waals surface area contributed by atoms with Crippen LogP contribution in [0.15, 0.2) is 41.2 Å². The van der Waals surface area contributed by atoms with Crippen LogP contribution in [0.3, 0.4) is 0 Å². The first-order valence-corrected chi connectivity index (χ1v) is 10.5. The summed E-state index contributed by atoms with van der Waals surface area (Å²) in [5.41, 5.74) is 2.47. The van der Waals surface area contributed by atoms with Gasteiger partial charge in [-0.2, -0.15) is 0 Å². The Bertz CT molecular complexity index is 1170. The number of fused-ring (bicyclic) bond motifs is 1. The highest BCUT2D eigenvalue weighted by atomic mass is 16.5. The highest BCUT2D eigenvalue weighted by molar-refractivity contribution is 5.91. The molecule has 1 saturated heterocycles. The van der Waals surface area contributed by atoms with E-state index in [4.69, 9.17) is 4.74 Å². The van der Waals surface area contributed by atoms with E-state index in [-0.39, 0.29) is 17.7 Å². The number of aliphatic hydroxyl groups is 1. The minimum absolute atomic E-state index is 0.224. The zero-order chi connectivity index (χ0) is 22.0. The van der Waals surface area contributed by atoms with E-state index >= 15 is 0 Å². The molecule has 0 bridgehead atoms. The molecule has 162 valence electrons. The number of urea groups is 1. The molecular formula is C23H26N4O4. The average molecular weight is 422 g/mol. The number of para-hydroxylation sites is 1. The Morgan fingerprint density at radius 1 is 1.29 bits per heavy atom. The number of aryl methyl sites for hydroxylation is 1. The van der Waals surface area contributed by atoms with E-state index in [0.29, 0.717) is 66.3 Å². The van der Waals surface area contributed by atoms with Crippen LogP contribution in [0.25, 0.3) is 22.3 Å². The molecule has 2 aromatic carbocycles. The summed E-state index contributed by atoms with van der Waals surface area (Å²) < 4.78 is 5.75. The minimum atomic E-state index is -0.347. The van der Waals surface area contributed by atoms with Crippen molar-refractivity contribution in [2.24, 2.45) is 0 Å². The molecule has 8 nitrogen and oxygen atoms in total. The fourth-order valence-electron chi connectivity index (χ4n) is 3.78. The number of piperidine rings is 1. The van der Waals surface area contributed by atoms with E-state index in [1.165, 1.54) is 0 Å². The number of hydrogen-bond donors (Lipinski definition) is 3. The Morgan fingerprint density at radius 2 is 2.06 bits per heavy atom. The molecular weight excluding hydrogens is 396 g/mol. The molecule has 8 heteroatoms. The number of likely N-dealkylation sites (tertiary alicyclic amines) is 1. The highest BCUT2D eigenvalue weighted by Crippen LogP contribution is 2.31. The lowest BCUT2D eigenvalue weighted by Crippen LogP contribution is -2.42. The number of nitrogens with zero attached hydrogens (tertiary/aromatic N) is 2. The largest absolute Gasteiger partial charge is 0.493 e. The van der Waals surface area contributed by atoms with E-state index in [1.807, 2.05) is 26.0 Å². The fourth-order valence-corrected chi connectivity index (χ4v) is 3.78. The van der Waals surface area contributed by atoms with Crippen molar-refractivity contribution >= 4 is 22.6 Å². The number of carbonyl (C=O) groups excluding carboxylic acids is 1. The van der Waals surface area contributed by atoms with E-state index in [9.17, 15) is 14.7 Å². The minimum Gasteiger partial charge on any atom is -0.493 e. The van der Waals surface area contributed by atoms with Gasteiger partial charge in [0.25, 0.3) is 5.56 Å². The summed E-state index contributed by atoms with van der Waals surface area (Å²) in [6.45, 7) is 5.26. The average Bonchev–Trinajstić information content (AvgIpc) is 2.76. The molecule has 0 unspecified atom stereocenters. The SMILES string of the molecule is CCOc1ccc(NC(=O)N2CCC(O)CC2)cc1-c1nc2c(C)cccc2c(=O)[nH]1. The predicted molar refractivity (Wildman–Crippen MR) is 120 cm³/mol. The number of nitrogens with one attached hydrogen (secondary N) is 2. The summed E-state index contributed by atoms with van der Waals surface area (Å²) >= 11 is 0. The lowest BCUT2D eigenvalue weighted by molar-refractivity contribution is 0.0972. The lowest BCUT2D eigenvalue weighted by atomic mass is 10.1. The second kappa shape index (κ2) is 8.77. The number of aromatic amines is 1.